The number of aromatic nitrogens is 1. The predicted molar refractivity (Wildman–Crippen MR) is 105 cm³/mol. The monoisotopic (exact) mass is 374 g/mol. The van der Waals surface area contributed by atoms with Crippen molar-refractivity contribution < 1.29 is 14.3 Å². The standard InChI is InChI=1S/C20H26N2O3S/c1-5-7-17(23)22-19-21-15(12-26-19)13-9-14-11-20(3,4)25-18(14)16(10-13)24-8-6-2/h9-10,12H,5-8,11H2,1-4H3,(H,21,22,23). The number of nitrogens with one attached hydrogen (secondary N) is 1. The number of carbonyl (C=O) groups is 1. The minimum absolute atomic E-state index is 0.00414. The fraction of sp³-hybridized carbons (Fsp3) is 0.500. The zero-order chi connectivity index (χ0) is 18.7. The zero-order valence-electron chi connectivity index (χ0n) is 15.8. The molecule has 1 amide bonds. The molecule has 5 nitrogen and oxygen atoms in total. The average Bonchev–Trinajstić information content (AvgIpc) is 3.15. The number of benzene rings is 1. The second-order valence-electron chi connectivity index (χ2n) is 7.19. The van der Waals surface area contributed by atoms with Gasteiger partial charge in [-0.25, -0.2) is 4.98 Å². The maximum atomic E-state index is 11.8. The van der Waals surface area contributed by atoms with E-state index in [0.717, 1.165) is 47.6 Å². The van der Waals surface area contributed by atoms with Crippen molar-refractivity contribution >= 4 is 22.4 Å². The fourth-order valence-electron chi connectivity index (χ4n) is 3.02. The van der Waals surface area contributed by atoms with Crippen LogP contribution in [0.2, 0.25) is 0 Å². The Balaban J connectivity index is 1.89. The topological polar surface area (TPSA) is 60.5 Å². The van der Waals surface area contributed by atoms with E-state index in [4.69, 9.17) is 9.47 Å². The largest absolute Gasteiger partial charge is 0.490 e. The van der Waals surface area contributed by atoms with Crippen LogP contribution in [-0.4, -0.2) is 23.1 Å². The number of hydrogen-bond acceptors (Lipinski definition) is 5. The minimum atomic E-state index is -0.230. The molecular weight excluding hydrogens is 348 g/mol. The summed E-state index contributed by atoms with van der Waals surface area (Å²) in [6, 6.07) is 4.11. The minimum Gasteiger partial charge on any atom is -0.490 e. The summed E-state index contributed by atoms with van der Waals surface area (Å²) in [4.78, 5) is 16.4. The van der Waals surface area contributed by atoms with Gasteiger partial charge in [-0.3, -0.25) is 4.79 Å². The molecular formula is C20H26N2O3S. The molecule has 6 heteroatoms. The van der Waals surface area contributed by atoms with Gasteiger partial charge in [-0.2, -0.15) is 0 Å². The van der Waals surface area contributed by atoms with E-state index in [-0.39, 0.29) is 11.5 Å². The summed E-state index contributed by atoms with van der Waals surface area (Å²) in [6.07, 6.45) is 3.10. The van der Waals surface area contributed by atoms with E-state index in [1.807, 2.05) is 18.4 Å². The number of fused-ring (bicyclic) bond motifs is 1. The van der Waals surface area contributed by atoms with Crippen molar-refractivity contribution in [2.75, 3.05) is 11.9 Å². The fourth-order valence-corrected chi connectivity index (χ4v) is 3.75. The van der Waals surface area contributed by atoms with Gasteiger partial charge < -0.3 is 14.8 Å². The number of ether oxygens (including phenoxy) is 2. The SMILES string of the molecule is CCCOc1cc(-c2csc(NC(=O)CCC)n2)cc2c1OC(C)(C)C2. The Morgan fingerprint density at radius 2 is 2.15 bits per heavy atom. The van der Waals surface area contributed by atoms with E-state index in [0.29, 0.717) is 18.2 Å². The smallest absolute Gasteiger partial charge is 0.226 e. The normalized spacial score (nSPS) is 14.6. The zero-order valence-corrected chi connectivity index (χ0v) is 16.7. The lowest BCUT2D eigenvalue weighted by Gasteiger charge is -2.18. The van der Waals surface area contributed by atoms with Crippen LogP contribution in [0.5, 0.6) is 11.5 Å². The van der Waals surface area contributed by atoms with Gasteiger partial charge in [-0.15, -0.1) is 11.3 Å². The Kier molecular flexibility index (Phi) is 5.51. The Labute approximate surface area is 158 Å². The molecule has 1 aromatic heterocycles. The van der Waals surface area contributed by atoms with Crippen LogP contribution >= 0.6 is 11.3 Å². The van der Waals surface area contributed by atoms with E-state index in [9.17, 15) is 4.79 Å². The van der Waals surface area contributed by atoms with E-state index in [2.05, 4.69) is 37.1 Å². The van der Waals surface area contributed by atoms with Crippen LogP contribution < -0.4 is 14.8 Å². The van der Waals surface area contributed by atoms with Gasteiger partial charge in [0.05, 0.1) is 12.3 Å². The first-order chi connectivity index (χ1) is 12.4. The van der Waals surface area contributed by atoms with Crippen molar-refractivity contribution in [3.63, 3.8) is 0 Å². The van der Waals surface area contributed by atoms with Crippen LogP contribution in [0.3, 0.4) is 0 Å². The van der Waals surface area contributed by atoms with E-state index < -0.39 is 0 Å². The van der Waals surface area contributed by atoms with Crippen LogP contribution in [0.1, 0.15) is 52.5 Å². The third-order valence-electron chi connectivity index (χ3n) is 4.11. The molecule has 1 N–H and O–H groups in total. The van der Waals surface area contributed by atoms with Crippen LogP contribution in [-0.2, 0) is 11.2 Å². The molecule has 0 bridgehead atoms. The molecule has 1 aromatic carbocycles. The molecule has 2 heterocycles. The number of carbonyl (C=O) groups excluding carboxylic acids is 1. The number of rotatable bonds is 7. The number of amides is 1. The molecule has 1 aliphatic heterocycles. The number of thiazole rings is 1. The molecule has 0 saturated carbocycles. The highest BCUT2D eigenvalue weighted by Gasteiger charge is 2.33. The number of hydrogen-bond donors (Lipinski definition) is 1. The molecule has 0 fully saturated rings. The summed E-state index contributed by atoms with van der Waals surface area (Å²) in [5.41, 5.74) is 2.74. The van der Waals surface area contributed by atoms with Gasteiger partial charge in [0, 0.05) is 29.3 Å². The van der Waals surface area contributed by atoms with Crippen molar-refractivity contribution in [3.8, 4) is 22.8 Å². The first-order valence-electron chi connectivity index (χ1n) is 9.16. The molecule has 0 atom stereocenters. The average molecular weight is 375 g/mol. The van der Waals surface area contributed by atoms with Crippen LogP contribution in [0.4, 0.5) is 5.13 Å². The third-order valence-corrected chi connectivity index (χ3v) is 4.87. The highest BCUT2D eigenvalue weighted by Crippen LogP contribution is 2.45. The quantitative estimate of drug-likeness (QED) is 0.736. The summed E-state index contributed by atoms with van der Waals surface area (Å²) in [5, 5.41) is 5.46. The van der Waals surface area contributed by atoms with Crippen molar-refractivity contribution in [3.05, 3.63) is 23.1 Å². The molecule has 0 spiro atoms. The molecule has 0 radical (unpaired) electrons. The second kappa shape index (κ2) is 7.66. The Hall–Kier alpha value is -2.08. The maximum Gasteiger partial charge on any atom is 0.226 e. The second-order valence-corrected chi connectivity index (χ2v) is 8.04. The third kappa shape index (κ3) is 4.18. The first-order valence-corrected chi connectivity index (χ1v) is 10.0. The molecule has 0 unspecified atom stereocenters. The van der Waals surface area contributed by atoms with Gasteiger partial charge >= 0.3 is 0 Å². The molecule has 3 rings (SSSR count). The molecule has 26 heavy (non-hydrogen) atoms. The predicted octanol–water partition coefficient (Wildman–Crippen LogP) is 5.05. The van der Waals surface area contributed by atoms with Crippen LogP contribution in [0, 0.1) is 0 Å². The van der Waals surface area contributed by atoms with Crippen LogP contribution in [0.25, 0.3) is 11.3 Å². The summed E-state index contributed by atoms with van der Waals surface area (Å²) in [5.74, 6) is 1.62. The van der Waals surface area contributed by atoms with Gasteiger partial charge in [-0.1, -0.05) is 13.8 Å². The number of anilines is 1. The van der Waals surface area contributed by atoms with Crippen LogP contribution in [0.15, 0.2) is 17.5 Å². The van der Waals surface area contributed by atoms with Gasteiger partial charge in [0.15, 0.2) is 16.6 Å². The van der Waals surface area contributed by atoms with Gasteiger partial charge in [0.1, 0.15) is 5.60 Å². The van der Waals surface area contributed by atoms with Crippen molar-refractivity contribution in [1.29, 1.82) is 0 Å². The summed E-state index contributed by atoms with van der Waals surface area (Å²) in [7, 11) is 0. The van der Waals surface area contributed by atoms with E-state index in [1.54, 1.807) is 0 Å². The Morgan fingerprint density at radius 3 is 2.88 bits per heavy atom. The molecule has 2 aromatic rings. The Morgan fingerprint density at radius 1 is 1.35 bits per heavy atom. The van der Waals surface area contributed by atoms with Crippen molar-refractivity contribution in [1.82, 2.24) is 4.98 Å². The highest BCUT2D eigenvalue weighted by molar-refractivity contribution is 7.14. The highest BCUT2D eigenvalue weighted by atomic mass is 32.1. The van der Waals surface area contributed by atoms with E-state index >= 15 is 0 Å². The van der Waals surface area contributed by atoms with Crippen molar-refractivity contribution in [2.45, 2.75) is 59.0 Å². The molecule has 1 aliphatic rings. The maximum absolute atomic E-state index is 11.8. The first kappa shape index (κ1) is 18.7. The molecule has 0 saturated heterocycles. The summed E-state index contributed by atoms with van der Waals surface area (Å²) >= 11 is 1.44. The molecule has 0 aliphatic carbocycles. The lowest BCUT2D eigenvalue weighted by molar-refractivity contribution is -0.116. The lowest BCUT2D eigenvalue weighted by Crippen LogP contribution is -2.24. The number of nitrogens with zero attached hydrogens (tertiary/aromatic N) is 1. The molecule has 140 valence electrons. The van der Waals surface area contributed by atoms with E-state index in [1.165, 1.54) is 11.3 Å². The summed E-state index contributed by atoms with van der Waals surface area (Å²) in [6.45, 7) is 8.88. The Bertz CT molecular complexity index is 798. The van der Waals surface area contributed by atoms with Gasteiger partial charge in [0.25, 0.3) is 0 Å². The van der Waals surface area contributed by atoms with Crippen molar-refractivity contribution in [2.24, 2.45) is 0 Å². The van der Waals surface area contributed by atoms with Gasteiger partial charge in [-0.05, 0) is 38.8 Å². The van der Waals surface area contributed by atoms with Gasteiger partial charge in [0.2, 0.25) is 5.91 Å². The lowest BCUT2D eigenvalue weighted by atomic mass is 9.99. The summed E-state index contributed by atoms with van der Waals surface area (Å²) < 4.78 is 12.0.